The Hall–Kier alpha value is -1.75. The smallest absolute Gasteiger partial charge is 0.251 e. The number of hydrogen-bond acceptors (Lipinski definition) is 4. The molecule has 1 aromatic rings. The van der Waals surface area contributed by atoms with Crippen molar-refractivity contribution in [3.63, 3.8) is 0 Å². The van der Waals surface area contributed by atoms with E-state index in [1.807, 2.05) is 13.8 Å². The number of ether oxygens (including phenoxy) is 2. The summed E-state index contributed by atoms with van der Waals surface area (Å²) in [5, 5.41) is 12.6. The van der Waals surface area contributed by atoms with Crippen molar-refractivity contribution in [1.29, 1.82) is 0 Å². The zero-order valence-corrected chi connectivity index (χ0v) is 12.5. The molecular formula is C15H23NO4. The van der Waals surface area contributed by atoms with Crippen LogP contribution in [0.5, 0.6) is 11.5 Å². The second-order valence-electron chi connectivity index (χ2n) is 4.83. The second-order valence-corrected chi connectivity index (χ2v) is 4.83. The van der Waals surface area contributed by atoms with Gasteiger partial charge in [0.05, 0.1) is 19.3 Å². The highest BCUT2D eigenvalue weighted by Gasteiger charge is 2.19. The molecule has 0 heterocycles. The SMILES string of the molecule is CCOc1ccc(C(=O)NCC(C)(O)CC)cc1OC. The lowest BCUT2D eigenvalue weighted by atomic mass is 10.0. The van der Waals surface area contributed by atoms with Gasteiger partial charge in [-0.1, -0.05) is 6.92 Å². The third-order valence-electron chi connectivity index (χ3n) is 3.12. The monoisotopic (exact) mass is 281 g/mol. The van der Waals surface area contributed by atoms with Crippen LogP contribution in [0.15, 0.2) is 18.2 Å². The fourth-order valence-electron chi connectivity index (χ4n) is 1.58. The molecule has 0 aliphatic rings. The maximum absolute atomic E-state index is 12.0. The van der Waals surface area contributed by atoms with E-state index >= 15 is 0 Å². The fraction of sp³-hybridized carbons (Fsp3) is 0.533. The minimum atomic E-state index is -0.898. The van der Waals surface area contributed by atoms with E-state index in [0.29, 0.717) is 30.1 Å². The highest BCUT2D eigenvalue weighted by molar-refractivity contribution is 5.94. The first-order valence-electron chi connectivity index (χ1n) is 6.75. The third kappa shape index (κ3) is 4.42. The van der Waals surface area contributed by atoms with Crippen LogP contribution in [0.4, 0.5) is 0 Å². The summed E-state index contributed by atoms with van der Waals surface area (Å²) in [5.74, 6) is 0.869. The molecular weight excluding hydrogens is 258 g/mol. The minimum Gasteiger partial charge on any atom is -0.493 e. The van der Waals surface area contributed by atoms with Crippen LogP contribution in [0.1, 0.15) is 37.6 Å². The van der Waals surface area contributed by atoms with Gasteiger partial charge in [0.1, 0.15) is 0 Å². The van der Waals surface area contributed by atoms with Crippen molar-refractivity contribution in [2.24, 2.45) is 0 Å². The summed E-state index contributed by atoms with van der Waals surface area (Å²) < 4.78 is 10.6. The Morgan fingerprint density at radius 3 is 2.60 bits per heavy atom. The van der Waals surface area contributed by atoms with Crippen molar-refractivity contribution in [1.82, 2.24) is 5.32 Å². The van der Waals surface area contributed by atoms with Crippen LogP contribution in [0.3, 0.4) is 0 Å². The summed E-state index contributed by atoms with van der Waals surface area (Å²) in [6, 6.07) is 5.00. The van der Waals surface area contributed by atoms with E-state index in [1.54, 1.807) is 25.1 Å². The Labute approximate surface area is 119 Å². The first-order chi connectivity index (χ1) is 9.43. The maximum atomic E-state index is 12.0. The summed E-state index contributed by atoms with van der Waals surface area (Å²) in [5.41, 5.74) is -0.428. The number of carbonyl (C=O) groups excluding carboxylic acids is 1. The van der Waals surface area contributed by atoms with Gasteiger partial charge in [0.25, 0.3) is 5.91 Å². The van der Waals surface area contributed by atoms with Crippen molar-refractivity contribution < 1.29 is 19.4 Å². The van der Waals surface area contributed by atoms with E-state index in [-0.39, 0.29) is 12.5 Å². The van der Waals surface area contributed by atoms with Crippen LogP contribution >= 0.6 is 0 Å². The second kappa shape index (κ2) is 7.14. The Morgan fingerprint density at radius 2 is 2.05 bits per heavy atom. The molecule has 0 aromatic heterocycles. The normalized spacial score (nSPS) is 13.4. The molecule has 2 N–H and O–H groups in total. The molecule has 5 heteroatoms. The van der Waals surface area contributed by atoms with Crippen LogP contribution in [-0.2, 0) is 0 Å². The van der Waals surface area contributed by atoms with Crippen LogP contribution in [-0.4, -0.2) is 36.9 Å². The van der Waals surface area contributed by atoms with Gasteiger partial charge in [-0.3, -0.25) is 4.79 Å². The van der Waals surface area contributed by atoms with Crippen molar-refractivity contribution in [3.05, 3.63) is 23.8 Å². The van der Waals surface area contributed by atoms with Gasteiger partial charge in [-0.2, -0.15) is 0 Å². The number of amides is 1. The van der Waals surface area contributed by atoms with E-state index in [2.05, 4.69) is 5.32 Å². The predicted molar refractivity (Wildman–Crippen MR) is 77.4 cm³/mol. The van der Waals surface area contributed by atoms with Crippen molar-refractivity contribution in [2.75, 3.05) is 20.3 Å². The van der Waals surface area contributed by atoms with Gasteiger partial charge in [0.2, 0.25) is 0 Å². The fourth-order valence-corrected chi connectivity index (χ4v) is 1.58. The molecule has 20 heavy (non-hydrogen) atoms. The molecule has 0 saturated carbocycles. The molecule has 0 saturated heterocycles. The average Bonchev–Trinajstić information content (AvgIpc) is 2.45. The molecule has 0 fully saturated rings. The number of methoxy groups -OCH3 is 1. The molecule has 1 atom stereocenters. The van der Waals surface area contributed by atoms with Gasteiger partial charge in [-0.05, 0) is 38.5 Å². The first-order valence-corrected chi connectivity index (χ1v) is 6.75. The van der Waals surface area contributed by atoms with Gasteiger partial charge < -0.3 is 19.9 Å². The molecule has 1 aromatic carbocycles. The van der Waals surface area contributed by atoms with Gasteiger partial charge in [0, 0.05) is 12.1 Å². The zero-order chi connectivity index (χ0) is 15.2. The molecule has 112 valence electrons. The quantitative estimate of drug-likeness (QED) is 0.802. The number of nitrogens with one attached hydrogen (secondary N) is 1. The van der Waals surface area contributed by atoms with Crippen LogP contribution < -0.4 is 14.8 Å². The van der Waals surface area contributed by atoms with E-state index in [0.717, 1.165) is 0 Å². The molecule has 5 nitrogen and oxygen atoms in total. The van der Waals surface area contributed by atoms with Crippen LogP contribution in [0.25, 0.3) is 0 Å². The molecule has 0 spiro atoms. The van der Waals surface area contributed by atoms with Gasteiger partial charge in [-0.15, -0.1) is 0 Å². The van der Waals surface area contributed by atoms with Gasteiger partial charge >= 0.3 is 0 Å². The van der Waals surface area contributed by atoms with E-state index in [4.69, 9.17) is 9.47 Å². The summed E-state index contributed by atoms with van der Waals surface area (Å²) in [6.45, 7) is 6.17. The number of carbonyl (C=O) groups is 1. The number of rotatable bonds is 7. The lowest BCUT2D eigenvalue weighted by molar-refractivity contribution is 0.0518. The summed E-state index contributed by atoms with van der Waals surface area (Å²) in [4.78, 5) is 12.0. The standard InChI is InChI=1S/C15H23NO4/c1-5-15(3,18)10-16-14(17)11-7-8-12(20-6-2)13(9-11)19-4/h7-9,18H,5-6,10H2,1-4H3,(H,16,17). The zero-order valence-electron chi connectivity index (χ0n) is 12.5. The number of aliphatic hydroxyl groups is 1. The minimum absolute atomic E-state index is 0.206. The Balaban J connectivity index is 2.78. The molecule has 0 bridgehead atoms. The molecule has 0 radical (unpaired) electrons. The average molecular weight is 281 g/mol. The van der Waals surface area contributed by atoms with Crippen molar-refractivity contribution >= 4 is 5.91 Å². The predicted octanol–water partition coefficient (Wildman–Crippen LogP) is 1.98. The van der Waals surface area contributed by atoms with Crippen LogP contribution in [0.2, 0.25) is 0 Å². The lowest BCUT2D eigenvalue weighted by Gasteiger charge is -2.21. The van der Waals surface area contributed by atoms with Crippen molar-refractivity contribution in [3.8, 4) is 11.5 Å². The summed E-state index contributed by atoms with van der Waals surface area (Å²) in [7, 11) is 1.53. The first kappa shape index (κ1) is 16.3. The summed E-state index contributed by atoms with van der Waals surface area (Å²) >= 11 is 0. The Bertz CT molecular complexity index is 457. The topological polar surface area (TPSA) is 67.8 Å². The van der Waals surface area contributed by atoms with Gasteiger partial charge in [-0.25, -0.2) is 0 Å². The Morgan fingerprint density at radius 1 is 1.35 bits per heavy atom. The number of benzene rings is 1. The Kier molecular flexibility index (Phi) is 5.82. The van der Waals surface area contributed by atoms with Gasteiger partial charge in [0.15, 0.2) is 11.5 Å². The number of hydrogen-bond donors (Lipinski definition) is 2. The molecule has 0 aliphatic carbocycles. The summed E-state index contributed by atoms with van der Waals surface area (Å²) in [6.07, 6.45) is 0.569. The molecule has 1 unspecified atom stereocenters. The highest BCUT2D eigenvalue weighted by atomic mass is 16.5. The van der Waals surface area contributed by atoms with E-state index < -0.39 is 5.60 Å². The van der Waals surface area contributed by atoms with Crippen LogP contribution in [0, 0.1) is 0 Å². The van der Waals surface area contributed by atoms with E-state index in [9.17, 15) is 9.90 Å². The van der Waals surface area contributed by atoms with E-state index in [1.165, 1.54) is 7.11 Å². The third-order valence-corrected chi connectivity index (χ3v) is 3.12. The van der Waals surface area contributed by atoms with Crippen molar-refractivity contribution in [2.45, 2.75) is 32.8 Å². The lowest BCUT2D eigenvalue weighted by Crippen LogP contribution is -2.40. The largest absolute Gasteiger partial charge is 0.493 e. The molecule has 1 rings (SSSR count). The molecule has 1 amide bonds. The highest BCUT2D eigenvalue weighted by Crippen LogP contribution is 2.28. The molecule has 0 aliphatic heterocycles. The maximum Gasteiger partial charge on any atom is 0.251 e.